The molecular weight excluding hydrogens is 320 g/mol. The van der Waals surface area contributed by atoms with Crippen molar-refractivity contribution in [2.45, 2.75) is 39.5 Å². The van der Waals surface area contributed by atoms with Gasteiger partial charge in [-0.25, -0.2) is 0 Å². The molecule has 1 aromatic carbocycles. The average molecular weight is 342 g/mol. The van der Waals surface area contributed by atoms with Crippen molar-refractivity contribution in [2.75, 3.05) is 6.79 Å². The van der Waals surface area contributed by atoms with Gasteiger partial charge < -0.3 is 13.9 Å². The average Bonchev–Trinajstić information content (AvgIpc) is 3.27. The van der Waals surface area contributed by atoms with E-state index < -0.39 is 5.92 Å². The van der Waals surface area contributed by atoms with E-state index in [1.54, 1.807) is 13.8 Å². The lowest BCUT2D eigenvalue weighted by Gasteiger charge is -2.11. The summed E-state index contributed by atoms with van der Waals surface area (Å²) in [5.74, 6) is 2.31. The number of rotatable bonds is 8. The van der Waals surface area contributed by atoms with Crippen LogP contribution in [0.4, 0.5) is 0 Å². The molecule has 5 nitrogen and oxygen atoms in total. The van der Waals surface area contributed by atoms with Crippen LogP contribution in [0.25, 0.3) is 0 Å². The molecule has 0 aliphatic carbocycles. The van der Waals surface area contributed by atoms with Crippen LogP contribution in [-0.4, -0.2) is 18.4 Å². The van der Waals surface area contributed by atoms with Gasteiger partial charge in [-0.1, -0.05) is 19.9 Å². The highest BCUT2D eigenvalue weighted by Gasteiger charge is 2.25. The van der Waals surface area contributed by atoms with Crippen molar-refractivity contribution in [3.8, 4) is 11.5 Å². The second kappa shape index (κ2) is 7.55. The van der Waals surface area contributed by atoms with Gasteiger partial charge in [-0.3, -0.25) is 9.59 Å². The summed E-state index contributed by atoms with van der Waals surface area (Å²) in [4.78, 5) is 24.1. The fourth-order valence-electron chi connectivity index (χ4n) is 2.98. The Bertz CT molecular complexity index is 758. The van der Waals surface area contributed by atoms with Gasteiger partial charge in [0.25, 0.3) is 0 Å². The topological polar surface area (TPSA) is 65.7 Å². The van der Waals surface area contributed by atoms with Gasteiger partial charge in [-0.2, -0.15) is 0 Å². The monoisotopic (exact) mass is 342 g/mol. The van der Waals surface area contributed by atoms with Gasteiger partial charge in [0.2, 0.25) is 6.79 Å². The first-order valence-electron chi connectivity index (χ1n) is 8.62. The Hall–Kier alpha value is -2.56. The Kier molecular flexibility index (Phi) is 5.22. The molecule has 132 valence electrons. The third-order valence-corrected chi connectivity index (χ3v) is 4.41. The van der Waals surface area contributed by atoms with E-state index in [1.807, 2.05) is 30.3 Å². The number of ketones is 2. The summed E-state index contributed by atoms with van der Waals surface area (Å²) in [6.45, 7) is 3.82. The van der Waals surface area contributed by atoms with Gasteiger partial charge in [0.15, 0.2) is 11.5 Å². The normalized spacial score (nSPS) is 12.6. The molecule has 0 saturated carbocycles. The summed E-state index contributed by atoms with van der Waals surface area (Å²) in [5, 5.41) is 0. The lowest BCUT2D eigenvalue weighted by atomic mass is 9.91. The van der Waals surface area contributed by atoms with Gasteiger partial charge >= 0.3 is 0 Å². The maximum absolute atomic E-state index is 12.0. The first-order chi connectivity index (χ1) is 12.1. The van der Waals surface area contributed by atoms with Gasteiger partial charge in [0, 0.05) is 25.7 Å². The number of hydrogen-bond donors (Lipinski definition) is 0. The number of Topliss-reactive ketones (excluding diaryl/α,β-unsaturated/α-hetero) is 2. The summed E-state index contributed by atoms with van der Waals surface area (Å²) in [5.41, 5.74) is 1.05. The molecule has 0 saturated heterocycles. The summed E-state index contributed by atoms with van der Waals surface area (Å²) >= 11 is 0. The Labute approximate surface area is 146 Å². The highest BCUT2D eigenvalue weighted by Crippen LogP contribution is 2.33. The molecule has 0 atom stereocenters. The van der Waals surface area contributed by atoms with Gasteiger partial charge in [-0.15, -0.1) is 0 Å². The molecule has 0 unspecified atom stereocenters. The number of fused-ring (bicyclic) bond motifs is 1. The van der Waals surface area contributed by atoms with Crippen LogP contribution in [0.5, 0.6) is 11.5 Å². The zero-order chi connectivity index (χ0) is 17.8. The molecule has 0 amide bonds. The zero-order valence-electron chi connectivity index (χ0n) is 14.5. The maximum atomic E-state index is 12.0. The van der Waals surface area contributed by atoms with E-state index in [-0.39, 0.29) is 18.4 Å². The number of ether oxygens (including phenoxy) is 2. The Morgan fingerprint density at radius 3 is 2.36 bits per heavy atom. The van der Waals surface area contributed by atoms with Crippen molar-refractivity contribution >= 4 is 11.6 Å². The van der Waals surface area contributed by atoms with Crippen LogP contribution in [0.15, 0.2) is 34.7 Å². The zero-order valence-corrected chi connectivity index (χ0v) is 14.5. The molecule has 0 bridgehead atoms. The fraction of sp³-hybridized carbons (Fsp3) is 0.400. The highest BCUT2D eigenvalue weighted by atomic mass is 16.7. The van der Waals surface area contributed by atoms with Crippen LogP contribution < -0.4 is 9.47 Å². The number of carbonyl (C=O) groups is 2. The Morgan fingerprint density at radius 2 is 1.64 bits per heavy atom. The van der Waals surface area contributed by atoms with E-state index in [0.29, 0.717) is 31.4 Å². The fourth-order valence-corrected chi connectivity index (χ4v) is 2.98. The van der Waals surface area contributed by atoms with Gasteiger partial charge in [0.1, 0.15) is 23.1 Å². The minimum atomic E-state index is -0.598. The van der Waals surface area contributed by atoms with Crippen molar-refractivity contribution in [2.24, 2.45) is 5.92 Å². The summed E-state index contributed by atoms with van der Waals surface area (Å²) in [7, 11) is 0. The van der Waals surface area contributed by atoms with Crippen LogP contribution in [0.2, 0.25) is 0 Å². The van der Waals surface area contributed by atoms with Crippen molar-refractivity contribution < 1.29 is 23.5 Å². The van der Waals surface area contributed by atoms with E-state index in [1.165, 1.54) is 0 Å². The highest BCUT2D eigenvalue weighted by molar-refractivity contribution is 6.02. The molecule has 1 aromatic heterocycles. The smallest absolute Gasteiger partial charge is 0.231 e. The first-order valence-corrected chi connectivity index (χ1v) is 8.62. The maximum Gasteiger partial charge on any atom is 0.231 e. The van der Waals surface area contributed by atoms with Crippen LogP contribution in [0.1, 0.15) is 43.8 Å². The van der Waals surface area contributed by atoms with Crippen molar-refractivity contribution in [3.63, 3.8) is 0 Å². The summed E-state index contributed by atoms with van der Waals surface area (Å²) in [6.07, 6.45) is 1.67. The molecule has 2 heterocycles. The van der Waals surface area contributed by atoms with Crippen LogP contribution in [0, 0.1) is 5.92 Å². The predicted molar refractivity (Wildman–Crippen MR) is 91.9 cm³/mol. The molecule has 25 heavy (non-hydrogen) atoms. The van der Waals surface area contributed by atoms with Crippen LogP contribution in [0.3, 0.4) is 0 Å². The molecule has 0 spiro atoms. The number of furan rings is 1. The molecule has 0 radical (unpaired) electrons. The van der Waals surface area contributed by atoms with E-state index in [2.05, 4.69) is 0 Å². The minimum absolute atomic E-state index is 0.0272. The second-order valence-electron chi connectivity index (χ2n) is 6.13. The molecule has 1 aliphatic heterocycles. The summed E-state index contributed by atoms with van der Waals surface area (Å²) in [6, 6.07) is 9.54. The molecule has 0 fully saturated rings. The first kappa shape index (κ1) is 17.3. The van der Waals surface area contributed by atoms with E-state index in [0.717, 1.165) is 22.8 Å². The van der Waals surface area contributed by atoms with Crippen molar-refractivity contribution in [3.05, 3.63) is 47.4 Å². The predicted octanol–water partition coefficient (Wildman–Crippen LogP) is 3.72. The lowest BCUT2D eigenvalue weighted by molar-refractivity contribution is -0.132. The third kappa shape index (κ3) is 3.92. The van der Waals surface area contributed by atoms with Crippen molar-refractivity contribution in [1.29, 1.82) is 0 Å². The molecule has 0 N–H and O–H groups in total. The lowest BCUT2D eigenvalue weighted by Crippen LogP contribution is -2.25. The number of hydrogen-bond acceptors (Lipinski definition) is 5. The summed E-state index contributed by atoms with van der Waals surface area (Å²) < 4.78 is 16.5. The largest absolute Gasteiger partial charge is 0.466 e. The molecule has 3 rings (SSSR count). The molecular formula is C20H22O5. The van der Waals surface area contributed by atoms with Gasteiger partial charge in [0.05, 0.1) is 5.92 Å². The van der Waals surface area contributed by atoms with Crippen LogP contribution in [-0.2, 0) is 22.4 Å². The second-order valence-corrected chi connectivity index (χ2v) is 6.13. The van der Waals surface area contributed by atoms with E-state index >= 15 is 0 Å². The minimum Gasteiger partial charge on any atom is -0.466 e. The Balaban J connectivity index is 1.69. The van der Waals surface area contributed by atoms with E-state index in [9.17, 15) is 9.59 Å². The number of carbonyl (C=O) groups excluding carboxylic acids is 2. The molecule has 2 aromatic rings. The Morgan fingerprint density at radius 1 is 0.960 bits per heavy atom. The number of benzene rings is 1. The molecule has 1 aliphatic rings. The van der Waals surface area contributed by atoms with Crippen molar-refractivity contribution in [1.82, 2.24) is 0 Å². The molecule has 5 heteroatoms. The standard InChI is InChI=1S/C20H22O5/c1-3-17(21)16(18(22)4-2)11-15-7-6-14(25-15)9-13-5-8-19-20(10-13)24-12-23-19/h5-8,10,16H,3-4,9,11-12H2,1-2H3. The van der Waals surface area contributed by atoms with Gasteiger partial charge in [-0.05, 0) is 29.8 Å². The van der Waals surface area contributed by atoms with E-state index in [4.69, 9.17) is 13.9 Å². The van der Waals surface area contributed by atoms with Crippen LogP contribution >= 0.6 is 0 Å². The SMILES string of the molecule is CCC(=O)C(Cc1ccc(Cc2ccc3c(c2)OCO3)o1)C(=O)CC. The quantitative estimate of drug-likeness (QED) is 0.684. The third-order valence-electron chi connectivity index (χ3n) is 4.41.